The molecule has 1 aliphatic heterocycles. The summed E-state index contributed by atoms with van der Waals surface area (Å²) in [6, 6.07) is 12.5. The summed E-state index contributed by atoms with van der Waals surface area (Å²) in [5.41, 5.74) is 8.80. The van der Waals surface area contributed by atoms with Crippen LogP contribution in [0.2, 0.25) is 0 Å². The lowest BCUT2D eigenvalue weighted by molar-refractivity contribution is -0.129. The quantitative estimate of drug-likeness (QED) is 0.382. The van der Waals surface area contributed by atoms with Gasteiger partial charge in [-0.2, -0.15) is 5.10 Å². The van der Waals surface area contributed by atoms with Crippen LogP contribution in [0.1, 0.15) is 49.9 Å². The van der Waals surface area contributed by atoms with Crippen LogP contribution in [0, 0.1) is 5.92 Å². The van der Waals surface area contributed by atoms with Gasteiger partial charge in [-0.25, -0.2) is 4.98 Å². The van der Waals surface area contributed by atoms with Crippen LogP contribution in [0.3, 0.4) is 0 Å². The van der Waals surface area contributed by atoms with Crippen molar-refractivity contribution in [1.82, 2.24) is 24.1 Å². The molecular weight excluding hydrogens is 462 g/mol. The number of benzene rings is 1. The Morgan fingerprint density at radius 2 is 1.92 bits per heavy atom. The lowest BCUT2D eigenvalue weighted by Gasteiger charge is -2.28. The molecule has 7 rings (SSSR count). The zero-order chi connectivity index (χ0) is 25.1. The van der Waals surface area contributed by atoms with Gasteiger partial charge in [0.05, 0.1) is 18.8 Å². The summed E-state index contributed by atoms with van der Waals surface area (Å²) in [6.07, 6.45) is 11.8. The molecule has 1 aromatic carbocycles. The molecule has 7 nitrogen and oxygen atoms in total. The Morgan fingerprint density at radius 3 is 2.73 bits per heavy atom. The first kappa shape index (κ1) is 22.3. The second-order valence-electron chi connectivity index (χ2n) is 10.3. The summed E-state index contributed by atoms with van der Waals surface area (Å²) in [5.74, 6) is 2.49. The van der Waals surface area contributed by atoms with Gasteiger partial charge in [0.1, 0.15) is 17.1 Å². The predicted octanol–water partition coefficient (Wildman–Crippen LogP) is 5.41. The lowest BCUT2D eigenvalue weighted by Crippen LogP contribution is -2.35. The van der Waals surface area contributed by atoms with E-state index in [1.807, 2.05) is 35.4 Å². The Bertz CT molecular complexity index is 1540. The number of allylic oxidation sites excluding steroid dienone is 2. The summed E-state index contributed by atoms with van der Waals surface area (Å²) >= 11 is 0. The van der Waals surface area contributed by atoms with E-state index in [2.05, 4.69) is 33.5 Å². The number of hydrogen-bond donors (Lipinski definition) is 0. The highest BCUT2D eigenvalue weighted by Crippen LogP contribution is 2.46. The van der Waals surface area contributed by atoms with E-state index in [0.717, 1.165) is 72.6 Å². The smallest absolute Gasteiger partial charge is 0.219 e. The van der Waals surface area contributed by atoms with Crippen LogP contribution >= 0.6 is 0 Å². The molecule has 0 saturated heterocycles. The number of amides is 1. The minimum Gasteiger partial charge on any atom is -0.497 e. The number of aromatic nitrogens is 4. The molecule has 1 fully saturated rings. The monoisotopic (exact) mass is 492 g/mol. The van der Waals surface area contributed by atoms with Crippen molar-refractivity contribution in [3.63, 3.8) is 0 Å². The van der Waals surface area contributed by atoms with Crippen LogP contribution in [-0.2, 0) is 17.8 Å². The number of nitrogens with zero attached hydrogens (tertiary/aromatic N) is 5. The third kappa shape index (κ3) is 3.84. The molecule has 1 radical (unpaired) electrons. The third-order valence-electron chi connectivity index (χ3n) is 8.17. The zero-order valence-corrected chi connectivity index (χ0v) is 21.3. The van der Waals surface area contributed by atoms with Gasteiger partial charge in [-0.05, 0) is 62.1 Å². The molecule has 3 aromatic heterocycles. The van der Waals surface area contributed by atoms with Gasteiger partial charge in [-0.1, -0.05) is 11.6 Å². The highest BCUT2D eigenvalue weighted by atomic mass is 16.5. The Labute approximate surface area is 216 Å². The molecule has 1 saturated carbocycles. The number of ether oxygens (including phenoxy) is 1. The van der Waals surface area contributed by atoms with Crippen molar-refractivity contribution in [3.8, 4) is 28.3 Å². The number of carbonyl (C=O) groups is 1. The Kier molecular flexibility index (Phi) is 5.20. The van der Waals surface area contributed by atoms with Gasteiger partial charge < -0.3 is 14.0 Å². The number of carbonyl (C=O) groups excluding carboxylic acids is 1. The Hall–Kier alpha value is -3.87. The highest BCUT2D eigenvalue weighted by molar-refractivity contribution is 5.81. The SMILES string of the molecule is COc1ccc(-c2cn3cccc(-c4nn(C5CC[C]6C=C6CC5)c5c4CN(C(C)=O)CC5)c3n2)cc1. The minimum atomic E-state index is 0.114. The highest BCUT2D eigenvalue weighted by Gasteiger charge is 2.34. The maximum Gasteiger partial charge on any atom is 0.219 e. The van der Waals surface area contributed by atoms with Crippen LogP contribution < -0.4 is 4.74 Å². The van der Waals surface area contributed by atoms with Gasteiger partial charge >= 0.3 is 0 Å². The number of pyridine rings is 1. The zero-order valence-electron chi connectivity index (χ0n) is 21.3. The van der Waals surface area contributed by atoms with Crippen molar-refractivity contribution in [1.29, 1.82) is 0 Å². The maximum atomic E-state index is 12.3. The number of hydrogen-bond acceptors (Lipinski definition) is 4. The summed E-state index contributed by atoms with van der Waals surface area (Å²) in [6.45, 7) is 3.01. The largest absolute Gasteiger partial charge is 0.497 e. The van der Waals surface area contributed by atoms with Gasteiger partial charge in [0, 0.05) is 67.1 Å². The number of rotatable bonds is 4. The van der Waals surface area contributed by atoms with Gasteiger partial charge in [-0.15, -0.1) is 0 Å². The molecule has 37 heavy (non-hydrogen) atoms. The summed E-state index contributed by atoms with van der Waals surface area (Å²) in [5, 5.41) is 5.30. The predicted molar refractivity (Wildman–Crippen MR) is 142 cm³/mol. The standard InChI is InChI=1S/C30H30N5O2/c1-19(36)33-15-13-28-26(17-33)29(32-35(28)23-9-5-21-16-22(21)6-10-23)25-4-3-14-34-18-27(31-30(25)34)20-7-11-24(37-2)12-8-20/h3-4,7-8,11-12,14,16,18,23H,5-6,9-10,13,15,17H2,1-2H3. The Balaban J connectivity index is 1.33. The second kappa shape index (κ2) is 8.61. The average molecular weight is 493 g/mol. The molecular formula is C30H30N5O2. The molecule has 2 aliphatic carbocycles. The third-order valence-corrected chi connectivity index (χ3v) is 8.17. The second-order valence-corrected chi connectivity index (χ2v) is 10.3. The molecule has 7 heteroatoms. The van der Waals surface area contributed by atoms with Gasteiger partial charge in [-0.3, -0.25) is 9.48 Å². The van der Waals surface area contributed by atoms with Crippen LogP contribution in [0.15, 0.2) is 60.4 Å². The van der Waals surface area contributed by atoms with Crippen molar-refractivity contribution in [3.05, 3.63) is 77.6 Å². The van der Waals surface area contributed by atoms with E-state index in [1.54, 1.807) is 25.5 Å². The molecule has 1 amide bonds. The van der Waals surface area contributed by atoms with Crippen molar-refractivity contribution < 1.29 is 9.53 Å². The summed E-state index contributed by atoms with van der Waals surface area (Å²) in [4.78, 5) is 19.3. The fraction of sp³-hybridized carbons (Fsp3) is 0.333. The molecule has 0 bridgehead atoms. The van der Waals surface area contributed by atoms with Crippen molar-refractivity contribution in [2.45, 2.75) is 51.6 Å². The normalized spacial score (nSPS) is 19.2. The molecule has 4 aromatic rings. The van der Waals surface area contributed by atoms with Crippen molar-refractivity contribution in [2.24, 2.45) is 0 Å². The molecule has 0 N–H and O–H groups in total. The van der Waals surface area contributed by atoms with E-state index in [1.165, 1.54) is 11.3 Å². The van der Waals surface area contributed by atoms with Crippen molar-refractivity contribution >= 4 is 11.6 Å². The van der Waals surface area contributed by atoms with Crippen LogP contribution in [0.5, 0.6) is 5.75 Å². The topological polar surface area (TPSA) is 64.7 Å². The Morgan fingerprint density at radius 1 is 1.08 bits per heavy atom. The van der Waals surface area contributed by atoms with E-state index >= 15 is 0 Å². The fourth-order valence-electron chi connectivity index (χ4n) is 6.00. The van der Waals surface area contributed by atoms with Crippen LogP contribution in [0.4, 0.5) is 0 Å². The van der Waals surface area contributed by atoms with Crippen LogP contribution in [0.25, 0.3) is 28.2 Å². The van der Waals surface area contributed by atoms with Gasteiger partial charge in [0.25, 0.3) is 0 Å². The fourth-order valence-corrected chi connectivity index (χ4v) is 6.00. The summed E-state index contributed by atoms with van der Waals surface area (Å²) in [7, 11) is 1.67. The van der Waals surface area contributed by atoms with Crippen LogP contribution in [-0.4, -0.2) is 43.6 Å². The van der Waals surface area contributed by atoms with Crippen molar-refractivity contribution in [2.75, 3.05) is 13.7 Å². The molecule has 3 aliphatic rings. The first-order chi connectivity index (χ1) is 18.1. The molecule has 0 spiro atoms. The van der Waals surface area contributed by atoms with E-state index in [4.69, 9.17) is 14.8 Å². The number of fused-ring (bicyclic) bond motifs is 3. The van der Waals surface area contributed by atoms with Gasteiger partial charge in [0.15, 0.2) is 0 Å². The minimum absolute atomic E-state index is 0.114. The number of imidazole rings is 1. The first-order valence-corrected chi connectivity index (χ1v) is 13.1. The van der Waals surface area contributed by atoms with E-state index in [9.17, 15) is 4.79 Å². The molecule has 1 unspecified atom stereocenters. The number of methoxy groups -OCH3 is 1. The molecule has 4 heterocycles. The lowest BCUT2D eigenvalue weighted by atomic mass is 10.00. The van der Waals surface area contributed by atoms with E-state index in [0.29, 0.717) is 12.6 Å². The first-order valence-electron chi connectivity index (χ1n) is 13.1. The maximum absolute atomic E-state index is 12.3. The van der Waals surface area contributed by atoms with Gasteiger partial charge in [0.2, 0.25) is 5.91 Å². The average Bonchev–Trinajstić information content (AvgIpc) is 3.43. The van der Waals surface area contributed by atoms with E-state index in [-0.39, 0.29) is 5.91 Å². The van der Waals surface area contributed by atoms with E-state index < -0.39 is 0 Å². The molecule has 187 valence electrons. The summed E-state index contributed by atoms with van der Waals surface area (Å²) < 4.78 is 9.71. The molecule has 1 atom stereocenters.